The van der Waals surface area contributed by atoms with Gasteiger partial charge in [-0.1, -0.05) is 30.3 Å². The minimum atomic E-state index is -4.62. The molecule has 1 aromatic rings. The molecule has 2 N–H and O–H groups in total. The van der Waals surface area contributed by atoms with Crippen LogP contribution in [0.25, 0.3) is 0 Å². The topological polar surface area (TPSA) is 52.6 Å². The molecule has 2 rings (SSSR count). The predicted molar refractivity (Wildman–Crippen MR) is 79.5 cm³/mol. The van der Waals surface area contributed by atoms with Crippen LogP contribution in [0, 0.1) is 5.41 Å². The minimum absolute atomic E-state index is 0.185. The van der Waals surface area contributed by atoms with Crippen LogP contribution >= 0.6 is 0 Å². The Morgan fingerprint density at radius 1 is 1.39 bits per heavy atom. The van der Waals surface area contributed by atoms with E-state index in [4.69, 9.17) is 0 Å². The Labute approximate surface area is 133 Å². The molecule has 1 aliphatic heterocycles. The number of aliphatic hydroxyl groups is 1. The Morgan fingerprint density at radius 3 is 2.61 bits per heavy atom. The number of aliphatic hydroxyl groups excluding tert-OH is 1. The minimum Gasteiger partial charge on any atom is -0.392 e. The smallest absolute Gasteiger partial charge is 0.392 e. The van der Waals surface area contributed by atoms with Crippen LogP contribution in [0.2, 0.25) is 0 Å². The van der Waals surface area contributed by atoms with Crippen LogP contribution in [0.3, 0.4) is 0 Å². The van der Waals surface area contributed by atoms with Gasteiger partial charge >= 0.3 is 6.18 Å². The number of likely N-dealkylation sites (tertiary alicyclic amines) is 1. The molecule has 2 atom stereocenters. The summed E-state index contributed by atoms with van der Waals surface area (Å²) in [7, 11) is 0. The van der Waals surface area contributed by atoms with E-state index in [1.54, 1.807) is 4.90 Å². The van der Waals surface area contributed by atoms with Crippen molar-refractivity contribution in [1.82, 2.24) is 10.2 Å². The summed E-state index contributed by atoms with van der Waals surface area (Å²) in [6.07, 6.45) is -5.78. The number of alkyl halides is 3. The number of nitrogens with zero attached hydrogens (tertiary/aromatic N) is 1. The summed E-state index contributed by atoms with van der Waals surface area (Å²) in [6, 6.07) is 9.20. The second-order valence-corrected chi connectivity index (χ2v) is 6.09. The predicted octanol–water partition coefficient (Wildman–Crippen LogP) is 1.94. The molecule has 128 valence electrons. The lowest BCUT2D eigenvalue weighted by molar-refractivity contribution is -0.218. The highest BCUT2D eigenvalue weighted by Gasteiger charge is 2.62. The molecule has 0 spiro atoms. The van der Waals surface area contributed by atoms with Crippen LogP contribution in [0.15, 0.2) is 30.3 Å². The first-order valence-corrected chi connectivity index (χ1v) is 7.54. The van der Waals surface area contributed by atoms with Crippen LogP contribution in [-0.4, -0.2) is 47.8 Å². The summed E-state index contributed by atoms with van der Waals surface area (Å²) in [5, 5.41) is 11.4. The van der Waals surface area contributed by atoms with Gasteiger partial charge < -0.3 is 10.4 Å². The molecule has 0 bridgehead atoms. The summed E-state index contributed by atoms with van der Waals surface area (Å²) in [5.74, 6) is -1.05. The molecule has 7 heteroatoms. The zero-order valence-electron chi connectivity index (χ0n) is 12.9. The number of carbonyl (C=O) groups is 1. The van der Waals surface area contributed by atoms with Gasteiger partial charge in [-0.3, -0.25) is 9.69 Å². The van der Waals surface area contributed by atoms with Gasteiger partial charge in [0, 0.05) is 19.6 Å². The first-order valence-electron chi connectivity index (χ1n) is 7.54. The zero-order valence-corrected chi connectivity index (χ0v) is 12.9. The number of hydrogen-bond acceptors (Lipinski definition) is 3. The second kappa shape index (κ2) is 6.88. The van der Waals surface area contributed by atoms with E-state index in [0.29, 0.717) is 6.54 Å². The third kappa shape index (κ3) is 4.03. The molecule has 1 aromatic carbocycles. The lowest BCUT2D eigenvalue weighted by Gasteiger charge is -2.30. The van der Waals surface area contributed by atoms with E-state index in [2.05, 4.69) is 5.32 Å². The monoisotopic (exact) mass is 330 g/mol. The molecule has 0 saturated carbocycles. The molecule has 1 fully saturated rings. The second-order valence-electron chi connectivity index (χ2n) is 6.09. The fourth-order valence-corrected chi connectivity index (χ4v) is 2.82. The number of carbonyl (C=O) groups excluding carboxylic acids is 1. The average molecular weight is 330 g/mol. The number of amides is 1. The summed E-state index contributed by atoms with van der Waals surface area (Å²) in [4.78, 5) is 13.8. The van der Waals surface area contributed by atoms with Crippen LogP contribution in [0.5, 0.6) is 0 Å². The standard InChI is InChI=1S/C16H21F3N2O2/c1-12(22)9-20-14(23)15(16(17,18)19)7-8-21(11-15)10-13-5-3-2-4-6-13/h2-6,12,22H,7-11H2,1H3,(H,20,23). The normalized spacial score (nSPS) is 23.7. The number of hydrogen-bond donors (Lipinski definition) is 2. The van der Waals surface area contributed by atoms with Crippen LogP contribution < -0.4 is 5.32 Å². The Morgan fingerprint density at radius 2 is 2.04 bits per heavy atom. The maximum Gasteiger partial charge on any atom is 0.404 e. The molecule has 23 heavy (non-hydrogen) atoms. The van der Waals surface area contributed by atoms with E-state index in [1.807, 2.05) is 30.3 Å². The van der Waals surface area contributed by atoms with Crippen LogP contribution in [0.4, 0.5) is 13.2 Å². The average Bonchev–Trinajstić information content (AvgIpc) is 2.91. The molecule has 0 radical (unpaired) electrons. The Balaban J connectivity index is 2.10. The van der Waals surface area contributed by atoms with Gasteiger partial charge in [0.1, 0.15) is 0 Å². The van der Waals surface area contributed by atoms with Crippen LogP contribution in [-0.2, 0) is 11.3 Å². The highest BCUT2D eigenvalue weighted by atomic mass is 19.4. The highest BCUT2D eigenvalue weighted by Crippen LogP contribution is 2.46. The van der Waals surface area contributed by atoms with Gasteiger partial charge in [0.15, 0.2) is 5.41 Å². The molecule has 2 unspecified atom stereocenters. The Bertz CT molecular complexity index is 534. The van der Waals surface area contributed by atoms with Gasteiger partial charge in [-0.2, -0.15) is 13.2 Å². The van der Waals surface area contributed by atoms with Crippen molar-refractivity contribution in [3.8, 4) is 0 Å². The van der Waals surface area contributed by atoms with Crippen molar-refractivity contribution in [2.45, 2.75) is 32.2 Å². The first-order chi connectivity index (χ1) is 10.7. The maximum atomic E-state index is 13.6. The van der Waals surface area contributed by atoms with Crippen molar-refractivity contribution in [3.05, 3.63) is 35.9 Å². The fourth-order valence-electron chi connectivity index (χ4n) is 2.82. The molecular formula is C16H21F3N2O2. The fraction of sp³-hybridized carbons (Fsp3) is 0.562. The maximum absolute atomic E-state index is 13.6. The largest absolute Gasteiger partial charge is 0.404 e. The van der Waals surface area contributed by atoms with Crippen molar-refractivity contribution in [1.29, 1.82) is 0 Å². The van der Waals surface area contributed by atoms with E-state index < -0.39 is 23.6 Å². The van der Waals surface area contributed by atoms with Gasteiger partial charge in [0.05, 0.1) is 6.10 Å². The van der Waals surface area contributed by atoms with Gasteiger partial charge in [0.25, 0.3) is 0 Å². The third-order valence-electron chi connectivity index (χ3n) is 4.13. The molecule has 1 saturated heterocycles. The summed E-state index contributed by atoms with van der Waals surface area (Å²) in [6.45, 7) is 1.45. The van der Waals surface area contributed by atoms with Crippen molar-refractivity contribution >= 4 is 5.91 Å². The van der Waals surface area contributed by atoms with Gasteiger partial charge in [0.2, 0.25) is 5.91 Å². The number of rotatable bonds is 5. The number of halogens is 3. The van der Waals surface area contributed by atoms with Crippen LogP contribution in [0.1, 0.15) is 18.9 Å². The van der Waals surface area contributed by atoms with E-state index in [-0.39, 0.29) is 26.1 Å². The van der Waals surface area contributed by atoms with Crippen molar-refractivity contribution in [2.24, 2.45) is 5.41 Å². The summed E-state index contributed by atoms with van der Waals surface area (Å²) in [5.41, 5.74) is -1.49. The molecule has 1 amide bonds. The van der Waals surface area contributed by atoms with E-state index in [0.717, 1.165) is 5.56 Å². The molecule has 0 aliphatic carbocycles. The molecular weight excluding hydrogens is 309 g/mol. The van der Waals surface area contributed by atoms with Gasteiger partial charge in [-0.05, 0) is 25.5 Å². The molecule has 4 nitrogen and oxygen atoms in total. The van der Waals surface area contributed by atoms with E-state index >= 15 is 0 Å². The summed E-state index contributed by atoms with van der Waals surface area (Å²) < 4.78 is 40.7. The molecule has 0 aromatic heterocycles. The lowest BCUT2D eigenvalue weighted by atomic mass is 9.85. The summed E-state index contributed by atoms with van der Waals surface area (Å²) >= 11 is 0. The quantitative estimate of drug-likeness (QED) is 0.867. The molecule has 1 heterocycles. The van der Waals surface area contributed by atoms with Crippen molar-refractivity contribution < 1.29 is 23.1 Å². The SMILES string of the molecule is CC(O)CNC(=O)C1(C(F)(F)F)CCN(Cc2ccccc2)C1. The van der Waals surface area contributed by atoms with Crippen molar-refractivity contribution in [2.75, 3.05) is 19.6 Å². The van der Waals surface area contributed by atoms with Gasteiger partial charge in [-0.25, -0.2) is 0 Å². The van der Waals surface area contributed by atoms with Gasteiger partial charge in [-0.15, -0.1) is 0 Å². The van der Waals surface area contributed by atoms with E-state index in [9.17, 15) is 23.1 Å². The van der Waals surface area contributed by atoms with E-state index in [1.165, 1.54) is 6.92 Å². The van der Waals surface area contributed by atoms with Crippen molar-refractivity contribution in [3.63, 3.8) is 0 Å². The Kier molecular flexibility index (Phi) is 5.31. The zero-order chi connectivity index (χ0) is 17.1. The molecule has 1 aliphatic rings. The third-order valence-corrected chi connectivity index (χ3v) is 4.13. The number of benzene rings is 1. The first kappa shape index (κ1) is 17.7. The lowest BCUT2D eigenvalue weighted by Crippen LogP contribution is -2.53. The number of nitrogens with one attached hydrogen (secondary N) is 1. The Hall–Kier alpha value is -1.60. The highest BCUT2D eigenvalue weighted by molar-refractivity contribution is 5.84.